The number of anilines is 2. The van der Waals surface area contributed by atoms with E-state index in [4.69, 9.17) is 8.83 Å². The van der Waals surface area contributed by atoms with Crippen molar-refractivity contribution in [2.45, 2.75) is 0 Å². The van der Waals surface area contributed by atoms with E-state index >= 15 is 0 Å². The average molecular weight is 399 g/mol. The second kappa shape index (κ2) is 6.13. The minimum atomic E-state index is 0.876. The third kappa shape index (κ3) is 2.34. The molecule has 0 bridgehead atoms. The van der Waals surface area contributed by atoms with Gasteiger partial charge in [-0.2, -0.15) is 0 Å². The highest BCUT2D eigenvalue weighted by atomic mass is 16.3. The Morgan fingerprint density at radius 3 is 1.90 bits per heavy atom. The summed E-state index contributed by atoms with van der Waals surface area (Å²) in [6.45, 7) is 0. The molecule has 1 N–H and O–H groups in total. The molecular weight excluding hydrogens is 382 g/mol. The number of para-hydroxylation sites is 1. The van der Waals surface area contributed by atoms with E-state index < -0.39 is 0 Å². The first-order valence-corrected chi connectivity index (χ1v) is 10.4. The van der Waals surface area contributed by atoms with Crippen LogP contribution in [-0.2, 0) is 0 Å². The molecule has 0 spiro atoms. The Labute approximate surface area is 177 Å². The summed E-state index contributed by atoms with van der Waals surface area (Å²) < 4.78 is 12.3. The van der Waals surface area contributed by atoms with E-state index in [0.717, 1.165) is 55.3 Å². The Bertz CT molecular complexity index is 1770. The molecule has 0 fully saturated rings. The van der Waals surface area contributed by atoms with Crippen LogP contribution in [0.5, 0.6) is 0 Å². The van der Waals surface area contributed by atoms with E-state index in [1.807, 2.05) is 42.5 Å². The lowest BCUT2D eigenvalue weighted by Gasteiger charge is -2.10. The second-order valence-electron chi connectivity index (χ2n) is 7.84. The molecule has 0 unspecified atom stereocenters. The van der Waals surface area contributed by atoms with Crippen LogP contribution in [0.25, 0.3) is 54.6 Å². The smallest absolute Gasteiger partial charge is 0.137 e. The van der Waals surface area contributed by atoms with Crippen molar-refractivity contribution in [1.29, 1.82) is 0 Å². The van der Waals surface area contributed by atoms with Gasteiger partial charge in [0.15, 0.2) is 0 Å². The molecule has 2 heterocycles. The number of hydrogen-bond donors (Lipinski definition) is 1. The molecule has 0 saturated heterocycles. The lowest BCUT2D eigenvalue weighted by atomic mass is 10.0. The van der Waals surface area contributed by atoms with Crippen molar-refractivity contribution < 1.29 is 8.83 Å². The first-order valence-electron chi connectivity index (χ1n) is 10.4. The molecule has 3 heteroatoms. The Kier molecular flexibility index (Phi) is 3.27. The van der Waals surface area contributed by atoms with Gasteiger partial charge in [-0.3, -0.25) is 0 Å². The van der Waals surface area contributed by atoms with E-state index in [2.05, 4.69) is 59.9 Å². The molecule has 0 saturated carbocycles. The molecule has 7 rings (SSSR count). The predicted octanol–water partition coefficient (Wildman–Crippen LogP) is 8.38. The Balaban J connectivity index is 1.53. The van der Waals surface area contributed by atoms with Crippen molar-refractivity contribution in [1.82, 2.24) is 0 Å². The van der Waals surface area contributed by atoms with Crippen LogP contribution < -0.4 is 5.32 Å². The predicted molar refractivity (Wildman–Crippen MR) is 128 cm³/mol. The van der Waals surface area contributed by atoms with Crippen molar-refractivity contribution >= 4 is 66.0 Å². The molecule has 5 aromatic carbocycles. The second-order valence-corrected chi connectivity index (χ2v) is 7.84. The molecule has 3 nitrogen and oxygen atoms in total. The van der Waals surface area contributed by atoms with Crippen LogP contribution in [0, 0.1) is 0 Å². The standard InChI is InChI=1S/C28H17NO2/c1-2-8-18-17(7-1)15-16-25-27(18)28-21(11-6-14-24(28)31-25)29-20-10-5-13-23-26(20)19-9-3-4-12-22(19)30-23/h1-16,29H. The summed E-state index contributed by atoms with van der Waals surface area (Å²) in [4.78, 5) is 0. The van der Waals surface area contributed by atoms with Crippen molar-refractivity contribution in [3.05, 3.63) is 97.1 Å². The van der Waals surface area contributed by atoms with Crippen LogP contribution in [0.15, 0.2) is 106 Å². The van der Waals surface area contributed by atoms with Gasteiger partial charge < -0.3 is 14.2 Å². The zero-order valence-electron chi connectivity index (χ0n) is 16.6. The van der Waals surface area contributed by atoms with E-state index in [1.165, 1.54) is 10.8 Å². The zero-order chi connectivity index (χ0) is 20.4. The van der Waals surface area contributed by atoms with Gasteiger partial charge in [-0.1, -0.05) is 60.7 Å². The fraction of sp³-hybridized carbons (Fsp3) is 0. The molecular formula is C28H17NO2. The maximum absolute atomic E-state index is 6.22. The molecule has 0 aliphatic carbocycles. The third-order valence-electron chi connectivity index (χ3n) is 6.06. The molecule has 31 heavy (non-hydrogen) atoms. The fourth-order valence-electron chi connectivity index (χ4n) is 4.72. The Morgan fingerprint density at radius 2 is 1.03 bits per heavy atom. The van der Waals surface area contributed by atoms with Gasteiger partial charge >= 0.3 is 0 Å². The SMILES string of the molecule is c1ccc2c(c1)ccc1oc3cccc(Nc4cccc5oc6ccccc6c45)c3c12. The Morgan fingerprint density at radius 1 is 0.419 bits per heavy atom. The van der Waals surface area contributed by atoms with Crippen LogP contribution >= 0.6 is 0 Å². The molecule has 0 aliphatic heterocycles. The summed E-state index contributed by atoms with van der Waals surface area (Å²) in [5, 5.41) is 10.5. The van der Waals surface area contributed by atoms with Crippen molar-refractivity contribution in [2.75, 3.05) is 5.32 Å². The summed E-state index contributed by atoms with van der Waals surface area (Å²) in [5.74, 6) is 0. The van der Waals surface area contributed by atoms with Gasteiger partial charge in [0, 0.05) is 10.8 Å². The van der Waals surface area contributed by atoms with E-state index in [9.17, 15) is 0 Å². The quantitative estimate of drug-likeness (QED) is 0.317. The van der Waals surface area contributed by atoms with Gasteiger partial charge in [-0.15, -0.1) is 0 Å². The average Bonchev–Trinajstić information content (AvgIpc) is 3.38. The van der Waals surface area contributed by atoms with Crippen molar-refractivity contribution in [2.24, 2.45) is 0 Å². The van der Waals surface area contributed by atoms with Crippen LogP contribution in [0.3, 0.4) is 0 Å². The minimum absolute atomic E-state index is 0.876. The van der Waals surface area contributed by atoms with Gasteiger partial charge in [0.2, 0.25) is 0 Å². The summed E-state index contributed by atoms with van der Waals surface area (Å²) in [5.41, 5.74) is 5.58. The summed E-state index contributed by atoms with van der Waals surface area (Å²) >= 11 is 0. The van der Waals surface area contributed by atoms with Crippen LogP contribution in [0.1, 0.15) is 0 Å². The third-order valence-corrected chi connectivity index (χ3v) is 6.06. The normalized spacial score (nSPS) is 11.9. The summed E-state index contributed by atoms with van der Waals surface area (Å²) in [7, 11) is 0. The number of benzene rings is 5. The lowest BCUT2D eigenvalue weighted by molar-refractivity contribution is 0.669. The molecule has 2 aromatic heterocycles. The first-order chi connectivity index (χ1) is 15.4. The van der Waals surface area contributed by atoms with E-state index in [1.54, 1.807) is 0 Å². The number of nitrogens with one attached hydrogen (secondary N) is 1. The largest absolute Gasteiger partial charge is 0.456 e. The highest BCUT2D eigenvalue weighted by molar-refractivity contribution is 6.23. The van der Waals surface area contributed by atoms with Crippen LogP contribution in [0.4, 0.5) is 11.4 Å². The number of rotatable bonds is 2. The van der Waals surface area contributed by atoms with Gasteiger partial charge in [0.25, 0.3) is 0 Å². The monoisotopic (exact) mass is 399 g/mol. The fourth-order valence-corrected chi connectivity index (χ4v) is 4.72. The first kappa shape index (κ1) is 16.5. The van der Waals surface area contributed by atoms with Crippen LogP contribution in [0.2, 0.25) is 0 Å². The zero-order valence-corrected chi connectivity index (χ0v) is 16.6. The highest BCUT2D eigenvalue weighted by Crippen LogP contribution is 2.41. The van der Waals surface area contributed by atoms with E-state index in [-0.39, 0.29) is 0 Å². The number of fused-ring (bicyclic) bond motifs is 8. The van der Waals surface area contributed by atoms with Crippen molar-refractivity contribution in [3.63, 3.8) is 0 Å². The summed E-state index contributed by atoms with van der Waals surface area (Å²) in [6, 6.07) is 33.1. The molecule has 7 aromatic rings. The topological polar surface area (TPSA) is 38.3 Å². The number of furan rings is 2. The minimum Gasteiger partial charge on any atom is -0.456 e. The van der Waals surface area contributed by atoms with Gasteiger partial charge in [0.05, 0.1) is 22.1 Å². The maximum atomic E-state index is 6.22. The number of hydrogen-bond acceptors (Lipinski definition) is 3. The Hall–Kier alpha value is -4.24. The summed E-state index contributed by atoms with van der Waals surface area (Å²) in [6.07, 6.45) is 0. The molecule has 0 radical (unpaired) electrons. The van der Waals surface area contributed by atoms with Crippen molar-refractivity contribution in [3.8, 4) is 0 Å². The molecule has 0 amide bonds. The van der Waals surface area contributed by atoms with E-state index in [0.29, 0.717) is 0 Å². The van der Waals surface area contributed by atoms with Gasteiger partial charge in [-0.25, -0.2) is 0 Å². The van der Waals surface area contributed by atoms with Gasteiger partial charge in [0.1, 0.15) is 22.3 Å². The molecule has 146 valence electrons. The van der Waals surface area contributed by atoms with Gasteiger partial charge in [-0.05, 0) is 47.2 Å². The molecule has 0 aliphatic rings. The highest BCUT2D eigenvalue weighted by Gasteiger charge is 2.16. The molecule has 0 atom stereocenters. The van der Waals surface area contributed by atoms with Crippen LogP contribution in [-0.4, -0.2) is 0 Å². The maximum Gasteiger partial charge on any atom is 0.137 e. The lowest BCUT2D eigenvalue weighted by Crippen LogP contribution is -1.91.